The summed E-state index contributed by atoms with van der Waals surface area (Å²) in [5, 5.41) is 10.3. The Kier molecular flexibility index (Phi) is 4.71. The Bertz CT molecular complexity index is 813. The Morgan fingerprint density at radius 2 is 1.88 bits per heavy atom. The molecular formula is C19H18N2O2S. The summed E-state index contributed by atoms with van der Waals surface area (Å²) in [6, 6.07) is 16.5. The second kappa shape index (κ2) is 6.93. The minimum absolute atomic E-state index is 0.0162. The van der Waals surface area contributed by atoms with Crippen LogP contribution in [0.1, 0.15) is 19.4 Å². The summed E-state index contributed by atoms with van der Waals surface area (Å²) in [7, 11) is 0. The van der Waals surface area contributed by atoms with Gasteiger partial charge in [0.25, 0.3) is 5.91 Å². The lowest BCUT2D eigenvalue weighted by Gasteiger charge is -2.19. The van der Waals surface area contributed by atoms with Crippen LogP contribution in [0, 0.1) is 0 Å². The third kappa shape index (κ3) is 3.51. The average molecular weight is 338 g/mol. The van der Waals surface area contributed by atoms with Crippen molar-refractivity contribution in [3.8, 4) is 5.75 Å². The van der Waals surface area contributed by atoms with Crippen LogP contribution >= 0.6 is 11.8 Å². The molecule has 1 saturated heterocycles. The lowest BCUT2D eigenvalue weighted by molar-refractivity contribution is -0.123. The summed E-state index contributed by atoms with van der Waals surface area (Å²) in [6.45, 7) is 3.94. The van der Waals surface area contributed by atoms with Crippen LogP contribution in [0.4, 0.5) is 5.69 Å². The maximum atomic E-state index is 12.7. The molecule has 2 aromatic rings. The molecule has 1 heterocycles. The smallest absolute Gasteiger partial charge is 0.266 e. The van der Waals surface area contributed by atoms with E-state index in [1.165, 1.54) is 11.8 Å². The van der Waals surface area contributed by atoms with E-state index in [9.17, 15) is 9.90 Å². The van der Waals surface area contributed by atoms with Crippen molar-refractivity contribution in [2.75, 3.05) is 0 Å². The monoisotopic (exact) mass is 338 g/mol. The van der Waals surface area contributed by atoms with Gasteiger partial charge in [-0.25, -0.2) is 4.99 Å². The van der Waals surface area contributed by atoms with Crippen LogP contribution in [0.15, 0.2) is 64.5 Å². The number of phenols is 1. The number of thioether (sulfide) groups is 1. The first-order valence-corrected chi connectivity index (χ1v) is 8.52. The normalized spacial score (nSPS) is 18.1. The molecule has 0 unspecified atom stereocenters. The number of hydrogen-bond acceptors (Lipinski definition) is 4. The predicted octanol–water partition coefficient (Wildman–Crippen LogP) is 4.40. The van der Waals surface area contributed by atoms with E-state index in [-0.39, 0.29) is 17.7 Å². The van der Waals surface area contributed by atoms with E-state index in [2.05, 4.69) is 4.99 Å². The molecule has 4 nitrogen and oxygen atoms in total. The van der Waals surface area contributed by atoms with Crippen molar-refractivity contribution in [2.24, 2.45) is 4.99 Å². The van der Waals surface area contributed by atoms with Gasteiger partial charge < -0.3 is 5.11 Å². The van der Waals surface area contributed by atoms with Crippen LogP contribution < -0.4 is 0 Å². The van der Waals surface area contributed by atoms with E-state index >= 15 is 0 Å². The first-order valence-electron chi connectivity index (χ1n) is 7.70. The lowest BCUT2D eigenvalue weighted by atomic mass is 10.2. The molecule has 1 N–H and O–H groups in total. The van der Waals surface area contributed by atoms with Gasteiger partial charge in [-0.3, -0.25) is 9.69 Å². The Morgan fingerprint density at radius 3 is 2.54 bits per heavy atom. The van der Waals surface area contributed by atoms with Crippen molar-refractivity contribution >= 4 is 34.6 Å². The van der Waals surface area contributed by atoms with Gasteiger partial charge >= 0.3 is 0 Å². The van der Waals surface area contributed by atoms with E-state index < -0.39 is 0 Å². The summed E-state index contributed by atoms with van der Waals surface area (Å²) in [5.41, 5.74) is 1.60. The fourth-order valence-electron chi connectivity index (χ4n) is 2.40. The number of amidine groups is 1. The molecule has 0 saturated carbocycles. The number of rotatable bonds is 3. The van der Waals surface area contributed by atoms with Crippen LogP contribution in [0.3, 0.4) is 0 Å². The van der Waals surface area contributed by atoms with Crippen molar-refractivity contribution in [3.63, 3.8) is 0 Å². The van der Waals surface area contributed by atoms with E-state index in [0.717, 1.165) is 11.3 Å². The van der Waals surface area contributed by atoms with Crippen molar-refractivity contribution in [1.29, 1.82) is 0 Å². The molecule has 3 rings (SSSR count). The minimum atomic E-state index is -0.0620. The Balaban J connectivity index is 1.97. The molecule has 0 bridgehead atoms. The van der Waals surface area contributed by atoms with Gasteiger partial charge in [0.1, 0.15) is 5.75 Å². The zero-order valence-electron chi connectivity index (χ0n) is 13.5. The summed E-state index contributed by atoms with van der Waals surface area (Å²) >= 11 is 1.36. The van der Waals surface area contributed by atoms with Gasteiger partial charge in [0, 0.05) is 6.04 Å². The van der Waals surface area contributed by atoms with Crippen LogP contribution in [0.5, 0.6) is 5.75 Å². The van der Waals surface area contributed by atoms with Gasteiger partial charge in [-0.15, -0.1) is 0 Å². The number of para-hydroxylation sites is 1. The summed E-state index contributed by atoms with van der Waals surface area (Å²) in [5.74, 6) is 0.117. The maximum absolute atomic E-state index is 12.7. The van der Waals surface area contributed by atoms with Gasteiger partial charge in [0.15, 0.2) is 5.17 Å². The second-order valence-corrected chi connectivity index (χ2v) is 6.71. The summed E-state index contributed by atoms with van der Waals surface area (Å²) in [4.78, 5) is 19.6. The first kappa shape index (κ1) is 16.3. The molecule has 5 heteroatoms. The number of aliphatic imine (C=N–C) groups is 1. The average Bonchev–Trinajstić information content (AvgIpc) is 2.84. The number of phenolic OH excluding ortho intramolecular Hbond substituents is 1. The van der Waals surface area contributed by atoms with Crippen LogP contribution in [-0.2, 0) is 4.79 Å². The number of carbonyl (C=O) groups is 1. The molecule has 1 aliphatic heterocycles. The number of hydrogen-bond donors (Lipinski definition) is 1. The summed E-state index contributed by atoms with van der Waals surface area (Å²) < 4.78 is 0. The molecule has 1 fully saturated rings. The van der Waals surface area contributed by atoms with Gasteiger partial charge in [-0.1, -0.05) is 30.3 Å². The largest absolute Gasteiger partial charge is 0.508 e. The fraction of sp³-hybridized carbons (Fsp3) is 0.158. The maximum Gasteiger partial charge on any atom is 0.266 e. The Morgan fingerprint density at radius 1 is 1.12 bits per heavy atom. The quantitative estimate of drug-likeness (QED) is 0.844. The van der Waals surface area contributed by atoms with Gasteiger partial charge in [0.2, 0.25) is 0 Å². The molecule has 0 radical (unpaired) electrons. The van der Waals surface area contributed by atoms with E-state index in [0.29, 0.717) is 10.1 Å². The van der Waals surface area contributed by atoms with Gasteiger partial charge in [0.05, 0.1) is 10.6 Å². The first-order chi connectivity index (χ1) is 11.5. The van der Waals surface area contributed by atoms with Crippen molar-refractivity contribution in [1.82, 2.24) is 4.90 Å². The highest BCUT2D eigenvalue weighted by atomic mass is 32.2. The second-order valence-electron chi connectivity index (χ2n) is 5.70. The molecule has 0 spiro atoms. The van der Waals surface area contributed by atoms with E-state index in [1.54, 1.807) is 29.2 Å². The number of nitrogens with zero attached hydrogens (tertiary/aromatic N) is 2. The number of aromatic hydroxyl groups is 1. The number of carbonyl (C=O) groups excluding carboxylic acids is 1. The van der Waals surface area contributed by atoms with E-state index in [1.807, 2.05) is 50.2 Å². The third-order valence-electron chi connectivity index (χ3n) is 3.50. The zero-order chi connectivity index (χ0) is 17.1. The fourth-order valence-corrected chi connectivity index (χ4v) is 3.52. The molecule has 0 aromatic heterocycles. The van der Waals surface area contributed by atoms with E-state index in [4.69, 9.17) is 0 Å². The highest BCUT2D eigenvalue weighted by Crippen LogP contribution is 2.35. The van der Waals surface area contributed by atoms with Crippen molar-refractivity contribution in [2.45, 2.75) is 19.9 Å². The predicted molar refractivity (Wildman–Crippen MR) is 99.2 cm³/mol. The van der Waals surface area contributed by atoms with Gasteiger partial charge in [-0.05, 0) is 61.5 Å². The molecule has 0 aliphatic carbocycles. The molecule has 1 aliphatic rings. The third-order valence-corrected chi connectivity index (χ3v) is 4.49. The number of benzene rings is 2. The highest BCUT2D eigenvalue weighted by Gasteiger charge is 2.35. The lowest BCUT2D eigenvalue weighted by Crippen LogP contribution is -2.35. The topological polar surface area (TPSA) is 52.9 Å². The van der Waals surface area contributed by atoms with Crippen LogP contribution in [0.2, 0.25) is 0 Å². The van der Waals surface area contributed by atoms with Crippen molar-refractivity contribution in [3.05, 3.63) is 65.1 Å². The molecule has 0 atom stereocenters. The molecule has 1 amide bonds. The van der Waals surface area contributed by atoms with Crippen LogP contribution in [-0.4, -0.2) is 27.1 Å². The summed E-state index contributed by atoms with van der Waals surface area (Å²) in [6.07, 6.45) is 1.79. The van der Waals surface area contributed by atoms with Gasteiger partial charge in [-0.2, -0.15) is 0 Å². The number of amides is 1. The van der Waals surface area contributed by atoms with Crippen molar-refractivity contribution < 1.29 is 9.90 Å². The molecule has 122 valence electrons. The minimum Gasteiger partial charge on any atom is -0.508 e. The Hall–Kier alpha value is -2.53. The standard InChI is InChI=1S/C19H18N2O2S/c1-13(2)21-18(23)17(12-14-7-6-10-16(22)11-14)24-19(21)20-15-8-4-3-5-9-15/h3-13,22H,1-2H3/b17-12+,20-19?. The molecule has 24 heavy (non-hydrogen) atoms. The SMILES string of the molecule is CC(C)N1C(=O)/C(=C\c2cccc(O)c2)SC1=Nc1ccccc1. The molecular weight excluding hydrogens is 320 g/mol. The van der Waals surface area contributed by atoms with Crippen LogP contribution in [0.25, 0.3) is 6.08 Å². The Labute approximate surface area is 145 Å². The zero-order valence-corrected chi connectivity index (χ0v) is 14.3. The highest BCUT2D eigenvalue weighted by molar-refractivity contribution is 8.18. The molecule has 2 aromatic carbocycles.